The van der Waals surface area contributed by atoms with Crippen molar-refractivity contribution >= 4 is 21.7 Å². The standard InChI is InChI=1S/C20H27BrO5/c1-5-7-15(22)16-17(18-19(24-16)26-20(3,4)25-18)23-11-12-8-9-14(21)13(6-2)10-12/h8-10,16-19H,5-7,11H2,1-4H3/t16-,17+,18-,19-/m1/s1. The summed E-state index contributed by atoms with van der Waals surface area (Å²) in [4.78, 5) is 12.5. The SMILES string of the molecule is CCCC(=O)[C@H]1O[C@@H]2OC(C)(C)O[C@@H]2[C@H]1OCc1ccc(Br)c(CC)c1. The van der Waals surface area contributed by atoms with Gasteiger partial charge in [-0.2, -0.15) is 0 Å². The van der Waals surface area contributed by atoms with E-state index in [0.29, 0.717) is 13.0 Å². The molecule has 0 radical (unpaired) electrons. The van der Waals surface area contributed by atoms with Crippen LogP contribution < -0.4 is 0 Å². The summed E-state index contributed by atoms with van der Waals surface area (Å²) in [5.41, 5.74) is 2.29. The summed E-state index contributed by atoms with van der Waals surface area (Å²) in [5, 5.41) is 0. The van der Waals surface area contributed by atoms with E-state index >= 15 is 0 Å². The highest BCUT2D eigenvalue weighted by Gasteiger charge is 2.57. The summed E-state index contributed by atoms with van der Waals surface area (Å²) in [6.07, 6.45) is 0.131. The van der Waals surface area contributed by atoms with Crippen molar-refractivity contribution < 1.29 is 23.7 Å². The molecule has 1 aromatic rings. The molecule has 2 heterocycles. The van der Waals surface area contributed by atoms with E-state index in [9.17, 15) is 4.79 Å². The zero-order valence-electron chi connectivity index (χ0n) is 15.8. The normalized spacial score (nSPS) is 29.7. The summed E-state index contributed by atoms with van der Waals surface area (Å²) >= 11 is 3.56. The molecule has 0 saturated carbocycles. The zero-order chi connectivity index (χ0) is 18.9. The monoisotopic (exact) mass is 426 g/mol. The van der Waals surface area contributed by atoms with Crippen LogP contribution in [-0.4, -0.2) is 36.2 Å². The molecule has 1 aromatic carbocycles. The van der Waals surface area contributed by atoms with Gasteiger partial charge in [0.1, 0.15) is 18.3 Å². The molecular weight excluding hydrogens is 400 g/mol. The van der Waals surface area contributed by atoms with Crippen molar-refractivity contribution in [2.45, 2.75) is 84.0 Å². The van der Waals surface area contributed by atoms with Crippen LogP contribution in [-0.2, 0) is 36.8 Å². The lowest BCUT2D eigenvalue weighted by atomic mass is 10.0. The number of Topliss-reactive ketones (excluding diaryl/α,β-unsaturated/α-hetero) is 1. The lowest BCUT2D eigenvalue weighted by Crippen LogP contribution is -2.40. The summed E-state index contributed by atoms with van der Waals surface area (Å²) < 4.78 is 24.9. The van der Waals surface area contributed by atoms with Gasteiger partial charge in [0.15, 0.2) is 17.9 Å². The van der Waals surface area contributed by atoms with Crippen LogP contribution in [0.25, 0.3) is 0 Å². The average Bonchev–Trinajstić information content (AvgIpc) is 3.06. The van der Waals surface area contributed by atoms with Gasteiger partial charge < -0.3 is 18.9 Å². The number of benzene rings is 1. The Kier molecular flexibility index (Phi) is 6.19. The highest BCUT2D eigenvalue weighted by Crippen LogP contribution is 2.39. The highest BCUT2D eigenvalue weighted by molar-refractivity contribution is 9.10. The van der Waals surface area contributed by atoms with Crippen molar-refractivity contribution in [1.29, 1.82) is 0 Å². The maximum absolute atomic E-state index is 12.5. The Hall–Kier alpha value is -0.790. The van der Waals surface area contributed by atoms with Gasteiger partial charge in [-0.15, -0.1) is 0 Å². The molecule has 0 amide bonds. The summed E-state index contributed by atoms with van der Waals surface area (Å²) in [6.45, 7) is 8.18. The zero-order valence-corrected chi connectivity index (χ0v) is 17.4. The lowest BCUT2D eigenvalue weighted by molar-refractivity contribution is -0.218. The van der Waals surface area contributed by atoms with Crippen LogP contribution in [0.3, 0.4) is 0 Å². The minimum Gasteiger partial charge on any atom is -0.367 e. The second-order valence-electron chi connectivity index (χ2n) is 7.30. The Labute approximate surface area is 163 Å². The number of ether oxygens (including phenoxy) is 4. The first-order valence-electron chi connectivity index (χ1n) is 9.27. The first kappa shape index (κ1) is 20.0. The van der Waals surface area contributed by atoms with Crippen LogP contribution in [0.4, 0.5) is 0 Å². The number of hydrogen-bond donors (Lipinski definition) is 0. The van der Waals surface area contributed by atoms with E-state index in [-0.39, 0.29) is 5.78 Å². The molecule has 0 aliphatic carbocycles. The summed E-state index contributed by atoms with van der Waals surface area (Å²) in [7, 11) is 0. The van der Waals surface area contributed by atoms with Crippen LogP contribution in [0.15, 0.2) is 22.7 Å². The van der Waals surface area contributed by atoms with Crippen LogP contribution in [0.2, 0.25) is 0 Å². The molecule has 0 unspecified atom stereocenters. The Morgan fingerprint density at radius 1 is 1.27 bits per heavy atom. The van der Waals surface area contributed by atoms with E-state index < -0.39 is 30.4 Å². The van der Waals surface area contributed by atoms with Gasteiger partial charge >= 0.3 is 0 Å². The fraction of sp³-hybridized carbons (Fsp3) is 0.650. The Morgan fingerprint density at radius 2 is 2.04 bits per heavy atom. The molecule has 26 heavy (non-hydrogen) atoms. The second-order valence-corrected chi connectivity index (χ2v) is 8.15. The smallest absolute Gasteiger partial charge is 0.190 e. The molecule has 2 aliphatic heterocycles. The van der Waals surface area contributed by atoms with Crippen molar-refractivity contribution in [2.75, 3.05) is 0 Å². The van der Waals surface area contributed by atoms with Gasteiger partial charge in [-0.3, -0.25) is 4.79 Å². The second kappa shape index (κ2) is 8.07. The topological polar surface area (TPSA) is 54.0 Å². The maximum atomic E-state index is 12.5. The van der Waals surface area contributed by atoms with Crippen LogP contribution in [0.1, 0.15) is 51.7 Å². The minimum absolute atomic E-state index is 0.0435. The highest BCUT2D eigenvalue weighted by atomic mass is 79.9. The number of rotatable bonds is 7. The lowest BCUT2D eigenvalue weighted by Gasteiger charge is -2.25. The molecule has 0 aromatic heterocycles. The van der Waals surface area contributed by atoms with E-state index in [0.717, 1.165) is 22.9 Å². The molecule has 0 bridgehead atoms. The summed E-state index contributed by atoms with van der Waals surface area (Å²) in [5.74, 6) is -0.690. The third kappa shape index (κ3) is 4.20. The molecule has 0 spiro atoms. The van der Waals surface area contributed by atoms with E-state index in [1.54, 1.807) is 0 Å². The van der Waals surface area contributed by atoms with Gasteiger partial charge in [0.05, 0.1) is 6.61 Å². The number of ketones is 1. The van der Waals surface area contributed by atoms with Crippen molar-refractivity contribution in [3.8, 4) is 0 Å². The van der Waals surface area contributed by atoms with Crippen molar-refractivity contribution in [3.05, 3.63) is 33.8 Å². The van der Waals surface area contributed by atoms with Crippen molar-refractivity contribution in [1.82, 2.24) is 0 Å². The third-order valence-electron chi connectivity index (χ3n) is 4.74. The predicted molar refractivity (Wildman–Crippen MR) is 101 cm³/mol. The van der Waals surface area contributed by atoms with Crippen molar-refractivity contribution in [3.63, 3.8) is 0 Å². The van der Waals surface area contributed by atoms with Gasteiger partial charge in [0.2, 0.25) is 0 Å². The molecule has 5 nitrogen and oxygen atoms in total. The van der Waals surface area contributed by atoms with Crippen molar-refractivity contribution in [2.24, 2.45) is 0 Å². The first-order valence-corrected chi connectivity index (χ1v) is 10.1. The first-order chi connectivity index (χ1) is 12.3. The summed E-state index contributed by atoms with van der Waals surface area (Å²) in [6, 6.07) is 6.18. The molecule has 2 fully saturated rings. The Balaban J connectivity index is 1.74. The molecule has 6 heteroatoms. The molecular formula is C20H27BrO5. The molecule has 2 aliphatic rings. The van der Waals surface area contributed by atoms with Gasteiger partial charge in [0.25, 0.3) is 0 Å². The van der Waals surface area contributed by atoms with Crippen LogP contribution in [0, 0.1) is 0 Å². The fourth-order valence-corrected chi connectivity index (χ4v) is 4.02. The largest absolute Gasteiger partial charge is 0.367 e. The molecule has 144 valence electrons. The third-order valence-corrected chi connectivity index (χ3v) is 5.51. The predicted octanol–water partition coefficient (Wildman–Crippen LogP) is 4.14. The minimum atomic E-state index is -0.733. The van der Waals surface area contributed by atoms with Gasteiger partial charge in [-0.1, -0.05) is 41.9 Å². The number of halogens is 1. The number of carbonyl (C=O) groups is 1. The Bertz CT molecular complexity index is 660. The van der Waals surface area contributed by atoms with Gasteiger partial charge in [-0.05, 0) is 43.9 Å². The Morgan fingerprint density at radius 3 is 2.73 bits per heavy atom. The number of carbonyl (C=O) groups excluding carboxylic acids is 1. The van der Waals surface area contributed by atoms with Gasteiger partial charge in [-0.25, -0.2) is 0 Å². The molecule has 3 rings (SSSR count). The molecule has 0 N–H and O–H groups in total. The number of fused-ring (bicyclic) bond motifs is 1. The quantitative estimate of drug-likeness (QED) is 0.655. The van der Waals surface area contributed by atoms with Crippen LogP contribution in [0.5, 0.6) is 0 Å². The van der Waals surface area contributed by atoms with Crippen LogP contribution >= 0.6 is 15.9 Å². The van der Waals surface area contributed by atoms with E-state index in [1.165, 1.54) is 5.56 Å². The molecule has 2 saturated heterocycles. The number of hydrogen-bond acceptors (Lipinski definition) is 5. The van der Waals surface area contributed by atoms with E-state index in [4.69, 9.17) is 18.9 Å². The number of aryl methyl sites for hydroxylation is 1. The fourth-order valence-electron chi connectivity index (χ4n) is 3.49. The average molecular weight is 427 g/mol. The van der Waals surface area contributed by atoms with E-state index in [2.05, 4.69) is 28.9 Å². The van der Waals surface area contributed by atoms with Gasteiger partial charge in [0, 0.05) is 10.9 Å². The van der Waals surface area contributed by atoms with E-state index in [1.807, 2.05) is 32.9 Å². The maximum Gasteiger partial charge on any atom is 0.190 e. The molecule has 4 atom stereocenters.